The maximum absolute atomic E-state index is 13.3. The van der Waals surface area contributed by atoms with Crippen molar-refractivity contribution in [3.8, 4) is 0 Å². The first-order chi connectivity index (χ1) is 10.2. The summed E-state index contributed by atoms with van der Waals surface area (Å²) in [5, 5.41) is 4.40. The normalized spacial score (nSPS) is 25.3. The summed E-state index contributed by atoms with van der Waals surface area (Å²) in [5.74, 6) is -0.165. The van der Waals surface area contributed by atoms with Gasteiger partial charge in [-0.05, 0) is 48.9 Å². The van der Waals surface area contributed by atoms with E-state index in [1.165, 1.54) is 29.9 Å². The quantitative estimate of drug-likeness (QED) is 0.878. The van der Waals surface area contributed by atoms with Crippen LogP contribution < -0.4 is 5.32 Å². The first-order valence-electron chi connectivity index (χ1n) is 7.43. The molecule has 5 heteroatoms. The molecule has 2 aliphatic rings. The van der Waals surface area contributed by atoms with E-state index in [1.54, 1.807) is 6.07 Å². The van der Waals surface area contributed by atoms with Gasteiger partial charge >= 0.3 is 0 Å². The van der Waals surface area contributed by atoms with E-state index in [1.807, 2.05) is 11.0 Å². The maximum atomic E-state index is 13.3. The largest absolute Gasteiger partial charge is 0.336 e. The zero-order chi connectivity index (χ0) is 14.4. The molecule has 2 aromatic rings. The lowest BCUT2D eigenvalue weighted by atomic mass is 10.1. The molecular weight excluding hydrogens is 287 g/mol. The molecule has 3 heterocycles. The molecule has 0 saturated carbocycles. The lowest BCUT2D eigenvalue weighted by molar-refractivity contribution is 0.0753. The fourth-order valence-corrected chi connectivity index (χ4v) is 4.41. The smallest absolute Gasteiger partial charge is 0.264 e. The molecule has 2 saturated heterocycles. The van der Waals surface area contributed by atoms with Crippen LogP contribution in [0.25, 0.3) is 10.1 Å². The van der Waals surface area contributed by atoms with Gasteiger partial charge in [0.25, 0.3) is 5.91 Å². The van der Waals surface area contributed by atoms with Crippen molar-refractivity contribution in [2.75, 3.05) is 13.1 Å². The van der Waals surface area contributed by atoms with Crippen molar-refractivity contribution in [1.82, 2.24) is 10.2 Å². The fourth-order valence-electron chi connectivity index (χ4n) is 3.40. The zero-order valence-corrected chi connectivity index (χ0v) is 12.5. The summed E-state index contributed by atoms with van der Waals surface area (Å²) in [6.45, 7) is 1.60. The van der Waals surface area contributed by atoms with Crippen LogP contribution in [0, 0.1) is 5.82 Å². The number of fused-ring (bicyclic) bond motifs is 3. The minimum absolute atomic E-state index is 0.0889. The number of benzene rings is 1. The monoisotopic (exact) mass is 304 g/mol. The van der Waals surface area contributed by atoms with Gasteiger partial charge < -0.3 is 10.2 Å². The molecule has 1 aromatic carbocycles. The third-order valence-electron chi connectivity index (χ3n) is 4.50. The third-order valence-corrected chi connectivity index (χ3v) is 5.60. The van der Waals surface area contributed by atoms with Crippen molar-refractivity contribution < 1.29 is 9.18 Å². The summed E-state index contributed by atoms with van der Waals surface area (Å²) < 4.78 is 14.2. The van der Waals surface area contributed by atoms with Gasteiger partial charge in [-0.3, -0.25) is 4.79 Å². The SMILES string of the molecule is O=C(c1cc2cc(F)ccc2s1)N1CCC2CCC(C1)N2. The maximum Gasteiger partial charge on any atom is 0.264 e. The Morgan fingerprint density at radius 1 is 1.24 bits per heavy atom. The number of rotatable bonds is 1. The molecular formula is C16H17FN2OS. The van der Waals surface area contributed by atoms with Crippen LogP contribution in [0.5, 0.6) is 0 Å². The number of nitrogens with zero attached hydrogens (tertiary/aromatic N) is 1. The van der Waals surface area contributed by atoms with E-state index in [4.69, 9.17) is 0 Å². The second-order valence-electron chi connectivity index (χ2n) is 5.97. The van der Waals surface area contributed by atoms with Gasteiger partial charge in [-0.25, -0.2) is 4.39 Å². The Bertz CT molecular complexity index is 699. The van der Waals surface area contributed by atoms with Gasteiger partial charge in [0, 0.05) is 29.9 Å². The predicted octanol–water partition coefficient (Wildman–Crippen LogP) is 3.01. The Kier molecular flexibility index (Phi) is 3.19. The molecule has 0 aliphatic carbocycles. The molecule has 4 rings (SSSR count). The highest BCUT2D eigenvalue weighted by Gasteiger charge is 2.31. The summed E-state index contributed by atoms with van der Waals surface area (Å²) >= 11 is 1.46. The standard InChI is InChI=1S/C16H17FN2OS/c17-11-1-4-14-10(7-11)8-15(21-14)16(20)19-6-5-12-2-3-13(9-19)18-12/h1,4,7-8,12-13,18H,2-3,5-6,9H2. The fraction of sp³-hybridized carbons (Fsp3) is 0.438. The number of halogens is 1. The van der Waals surface area contributed by atoms with Crippen molar-refractivity contribution in [1.29, 1.82) is 0 Å². The summed E-state index contributed by atoms with van der Waals surface area (Å²) in [7, 11) is 0. The van der Waals surface area contributed by atoms with Crippen LogP contribution in [-0.4, -0.2) is 36.0 Å². The van der Waals surface area contributed by atoms with Crippen LogP contribution in [0.3, 0.4) is 0 Å². The molecule has 2 fully saturated rings. The number of likely N-dealkylation sites (tertiary alicyclic amines) is 1. The lowest BCUT2D eigenvalue weighted by Gasteiger charge is -2.23. The predicted molar refractivity (Wildman–Crippen MR) is 82.2 cm³/mol. The Balaban J connectivity index is 1.60. The van der Waals surface area contributed by atoms with Crippen LogP contribution in [-0.2, 0) is 0 Å². The molecule has 1 aromatic heterocycles. The molecule has 2 bridgehead atoms. The van der Waals surface area contributed by atoms with Gasteiger partial charge in [-0.15, -0.1) is 11.3 Å². The number of hydrogen-bond acceptors (Lipinski definition) is 3. The van der Waals surface area contributed by atoms with Crippen molar-refractivity contribution >= 4 is 27.3 Å². The molecule has 2 aliphatic heterocycles. The summed E-state index contributed by atoms with van der Waals surface area (Å²) in [6.07, 6.45) is 3.42. The van der Waals surface area contributed by atoms with Crippen LogP contribution in [0.15, 0.2) is 24.3 Å². The first-order valence-corrected chi connectivity index (χ1v) is 8.25. The summed E-state index contributed by atoms with van der Waals surface area (Å²) in [5.41, 5.74) is 0. The summed E-state index contributed by atoms with van der Waals surface area (Å²) in [6, 6.07) is 7.52. The zero-order valence-electron chi connectivity index (χ0n) is 11.6. The van der Waals surface area contributed by atoms with Crippen molar-refractivity contribution in [2.45, 2.75) is 31.3 Å². The number of thiophene rings is 1. The molecule has 21 heavy (non-hydrogen) atoms. The Morgan fingerprint density at radius 3 is 3.00 bits per heavy atom. The van der Waals surface area contributed by atoms with E-state index in [0.29, 0.717) is 17.0 Å². The summed E-state index contributed by atoms with van der Waals surface area (Å²) in [4.78, 5) is 15.4. The number of carbonyl (C=O) groups excluding carboxylic acids is 1. The molecule has 2 unspecified atom stereocenters. The van der Waals surface area contributed by atoms with E-state index < -0.39 is 0 Å². The second kappa shape index (κ2) is 5.07. The minimum Gasteiger partial charge on any atom is -0.336 e. The number of hydrogen-bond donors (Lipinski definition) is 1. The van der Waals surface area contributed by atoms with E-state index in [2.05, 4.69) is 5.32 Å². The number of carbonyl (C=O) groups is 1. The highest BCUT2D eigenvalue weighted by molar-refractivity contribution is 7.20. The molecule has 3 nitrogen and oxygen atoms in total. The topological polar surface area (TPSA) is 32.3 Å². The van der Waals surface area contributed by atoms with Crippen molar-refractivity contribution in [3.63, 3.8) is 0 Å². The Morgan fingerprint density at radius 2 is 2.10 bits per heavy atom. The van der Waals surface area contributed by atoms with Crippen molar-refractivity contribution in [3.05, 3.63) is 35.0 Å². The van der Waals surface area contributed by atoms with E-state index in [9.17, 15) is 9.18 Å². The number of nitrogens with one attached hydrogen (secondary N) is 1. The van der Waals surface area contributed by atoms with Gasteiger partial charge in [-0.1, -0.05) is 0 Å². The second-order valence-corrected chi connectivity index (χ2v) is 7.05. The number of amides is 1. The molecule has 0 radical (unpaired) electrons. The van der Waals surface area contributed by atoms with Crippen LogP contribution in [0.2, 0.25) is 0 Å². The van der Waals surface area contributed by atoms with Crippen LogP contribution >= 0.6 is 11.3 Å². The average Bonchev–Trinajstić information content (AvgIpc) is 3.01. The Hall–Kier alpha value is -1.46. The van der Waals surface area contributed by atoms with Gasteiger partial charge in [0.15, 0.2) is 0 Å². The van der Waals surface area contributed by atoms with Gasteiger partial charge in [0.05, 0.1) is 4.88 Å². The molecule has 2 atom stereocenters. The first kappa shape index (κ1) is 13.2. The average molecular weight is 304 g/mol. The van der Waals surface area contributed by atoms with E-state index >= 15 is 0 Å². The highest BCUT2D eigenvalue weighted by Crippen LogP contribution is 2.28. The lowest BCUT2D eigenvalue weighted by Crippen LogP contribution is -2.38. The van der Waals surface area contributed by atoms with E-state index in [0.717, 1.165) is 36.0 Å². The molecule has 0 spiro atoms. The molecule has 1 N–H and O–H groups in total. The van der Waals surface area contributed by atoms with Crippen molar-refractivity contribution in [2.24, 2.45) is 0 Å². The molecule has 1 amide bonds. The minimum atomic E-state index is -0.254. The third kappa shape index (κ3) is 2.45. The Labute approximate surface area is 126 Å². The highest BCUT2D eigenvalue weighted by atomic mass is 32.1. The van der Waals surface area contributed by atoms with Gasteiger partial charge in [0.2, 0.25) is 0 Å². The van der Waals surface area contributed by atoms with Gasteiger partial charge in [0.1, 0.15) is 5.82 Å². The van der Waals surface area contributed by atoms with E-state index in [-0.39, 0.29) is 11.7 Å². The molecule has 110 valence electrons. The van der Waals surface area contributed by atoms with Crippen LogP contribution in [0.1, 0.15) is 28.9 Å². The van der Waals surface area contributed by atoms with Crippen LogP contribution in [0.4, 0.5) is 4.39 Å². The van der Waals surface area contributed by atoms with Gasteiger partial charge in [-0.2, -0.15) is 0 Å².